The van der Waals surface area contributed by atoms with Crippen LogP contribution in [0.25, 0.3) is 0 Å². The average Bonchev–Trinajstić information content (AvgIpc) is 1.69. The van der Waals surface area contributed by atoms with Crippen LogP contribution in [0.3, 0.4) is 0 Å². The lowest BCUT2D eigenvalue weighted by molar-refractivity contribution is -0.139. The van der Waals surface area contributed by atoms with E-state index in [4.69, 9.17) is 5.11 Å². The molecule has 8 heavy (non-hydrogen) atoms. The smallest absolute Gasteiger partial charge is 0.320 e. The SMILES string of the molecule is CCC(NC)C(=O)O. The third-order valence-electron chi connectivity index (χ3n) is 1.05. The van der Waals surface area contributed by atoms with Crippen LogP contribution in [0.2, 0.25) is 0 Å². The van der Waals surface area contributed by atoms with Gasteiger partial charge in [-0.25, -0.2) is 0 Å². The van der Waals surface area contributed by atoms with Crippen LogP contribution in [0.15, 0.2) is 0 Å². The first-order chi connectivity index (χ1) is 3.72. The van der Waals surface area contributed by atoms with Crippen molar-refractivity contribution < 1.29 is 9.90 Å². The molecule has 0 radical (unpaired) electrons. The van der Waals surface area contributed by atoms with Crippen LogP contribution in [0.5, 0.6) is 0 Å². The Hall–Kier alpha value is -0.570. The summed E-state index contributed by atoms with van der Waals surface area (Å²) >= 11 is 0. The minimum Gasteiger partial charge on any atom is -0.480 e. The first-order valence-electron chi connectivity index (χ1n) is 2.62. The Balaban J connectivity index is 3.52. The standard InChI is InChI=1S/C5H11NO2/c1-3-4(6-2)5(7)8/h4,6H,3H2,1-2H3,(H,7,8). The van der Waals surface area contributed by atoms with E-state index in [0.717, 1.165) is 0 Å². The molecule has 0 aromatic rings. The predicted molar refractivity (Wildman–Crippen MR) is 30.8 cm³/mol. The topological polar surface area (TPSA) is 49.3 Å². The van der Waals surface area contributed by atoms with E-state index in [9.17, 15) is 4.79 Å². The van der Waals surface area contributed by atoms with Crippen LogP contribution < -0.4 is 5.32 Å². The number of nitrogens with one attached hydrogen (secondary N) is 1. The molecular weight excluding hydrogens is 106 g/mol. The van der Waals surface area contributed by atoms with Gasteiger partial charge in [-0.3, -0.25) is 4.79 Å². The van der Waals surface area contributed by atoms with Gasteiger partial charge in [-0.1, -0.05) is 6.92 Å². The lowest BCUT2D eigenvalue weighted by atomic mass is 10.2. The normalized spacial score (nSPS) is 13.2. The Kier molecular flexibility index (Phi) is 3.19. The maximum Gasteiger partial charge on any atom is 0.320 e. The van der Waals surface area contributed by atoms with Gasteiger partial charge >= 0.3 is 5.97 Å². The molecule has 0 aromatic heterocycles. The molecule has 48 valence electrons. The maximum absolute atomic E-state index is 10.1. The van der Waals surface area contributed by atoms with Crippen LogP contribution in [-0.2, 0) is 4.79 Å². The van der Waals surface area contributed by atoms with Gasteiger partial charge in [0.05, 0.1) is 0 Å². The molecule has 0 saturated heterocycles. The molecule has 0 aliphatic rings. The van der Waals surface area contributed by atoms with Crippen LogP contribution in [0.1, 0.15) is 13.3 Å². The van der Waals surface area contributed by atoms with E-state index < -0.39 is 5.97 Å². The largest absolute Gasteiger partial charge is 0.480 e. The number of likely N-dealkylation sites (N-methyl/N-ethyl adjacent to an activating group) is 1. The van der Waals surface area contributed by atoms with E-state index in [1.807, 2.05) is 6.92 Å². The molecule has 0 rings (SSSR count). The Morgan fingerprint density at radius 3 is 2.38 bits per heavy atom. The third-order valence-corrected chi connectivity index (χ3v) is 1.05. The zero-order valence-electron chi connectivity index (χ0n) is 5.14. The highest BCUT2D eigenvalue weighted by molar-refractivity contribution is 5.73. The zero-order valence-corrected chi connectivity index (χ0v) is 5.14. The van der Waals surface area contributed by atoms with Crippen LogP contribution in [0.4, 0.5) is 0 Å². The summed E-state index contributed by atoms with van der Waals surface area (Å²) in [5, 5.41) is 11.0. The van der Waals surface area contributed by atoms with Crippen LogP contribution in [-0.4, -0.2) is 24.2 Å². The van der Waals surface area contributed by atoms with E-state index in [-0.39, 0.29) is 6.04 Å². The van der Waals surface area contributed by atoms with E-state index >= 15 is 0 Å². The summed E-state index contributed by atoms with van der Waals surface area (Å²) in [6.07, 6.45) is 0.631. The quantitative estimate of drug-likeness (QED) is 0.550. The highest BCUT2D eigenvalue weighted by Crippen LogP contribution is 1.86. The molecule has 0 fully saturated rings. The molecule has 0 aliphatic heterocycles. The second-order valence-corrected chi connectivity index (χ2v) is 1.59. The molecule has 0 saturated carbocycles. The fraction of sp³-hybridized carbons (Fsp3) is 0.800. The zero-order chi connectivity index (χ0) is 6.57. The Morgan fingerprint density at radius 2 is 2.38 bits per heavy atom. The minimum absolute atomic E-state index is 0.380. The van der Waals surface area contributed by atoms with Gasteiger partial charge in [-0.15, -0.1) is 0 Å². The van der Waals surface area contributed by atoms with Gasteiger partial charge in [0.2, 0.25) is 0 Å². The van der Waals surface area contributed by atoms with E-state index in [1.54, 1.807) is 7.05 Å². The van der Waals surface area contributed by atoms with Gasteiger partial charge in [0.25, 0.3) is 0 Å². The number of aliphatic carboxylic acids is 1. The van der Waals surface area contributed by atoms with Crippen molar-refractivity contribution in [2.24, 2.45) is 0 Å². The summed E-state index contributed by atoms with van der Waals surface area (Å²) in [5.41, 5.74) is 0. The van der Waals surface area contributed by atoms with Crippen LogP contribution >= 0.6 is 0 Å². The second-order valence-electron chi connectivity index (χ2n) is 1.59. The van der Waals surface area contributed by atoms with Gasteiger partial charge in [0, 0.05) is 0 Å². The Bertz CT molecular complexity index is 78.5. The molecule has 0 heterocycles. The number of carbonyl (C=O) groups is 1. The molecular formula is C5H11NO2. The molecule has 1 unspecified atom stereocenters. The van der Waals surface area contributed by atoms with E-state index in [0.29, 0.717) is 6.42 Å². The van der Waals surface area contributed by atoms with Crippen molar-refractivity contribution in [1.82, 2.24) is 5.32 Å². The fourth-order valence-electron chi connectivity index (χ4n) is 0.502. The summed E-state index contributed by atoms with van der Waals surface area (Å²) in [6.45, 7) is 1.83. The second kappa shape index (κ2) is 3.43. The lowest BCUT2D eigenvalue weighted by Crippen LogP contribution is -2.32. The minimum atomic E-state index is -0.782. The van der Waals surface area contributed by atoms with E-state index in [1.165, 1.54) is 0 Å². The lowest BCUT2D eigenvalue weighted by Gasteiger charge is -2.05. The molecule has 3 heteroatoms. The highest BCUT2D eigenvalue weighted by atomic mass is 16.4. The number of hydrogen-bond acceptors (Lipinski definition) is 2. The number of hydrogen-bond donors (Lipinski definition) is 2. The van der Waals surface area contributed by atoms with Crippen molar-refractivity contribution in [3.63, 3.8) is 0 Å². The first-order valence-corrected chi connectivity index (χ1v) is 2.62. The number of carboxylic acids is 1. The molecule has 3 nitrogen and oxygen atoms in total. The predicted octanol–water partition coefficient (Wildman–Crippen LogP) is 0.0690. The van der Waals surface area contributed by atoms with Crippen molar-refractivity contribution in [1.29, 1.82) is 0 Å². The molecule has 0 aliphatic carbocycles. The maximum atomic E-state index is 10.1. The molecule has 0 amide bonds. The molecule has 0 bridgehead atoms. The molecule has 0 aromatic carbocycles. The molecule has 1 atom stereocenters. The van der Waals surface area contributed by atoms with Crippen molar-refractivity contribution in [2.45, 2.75) is 19.4 Å². The van der Waals surface area contributed by atoms with Gasteiger partial charge < -0.3 is 10.4 Å². The Morgan fingerprint density at radius 1 is 1.88 bits per heavy atom. The number of carboxylic acid groups (broad SMARTS) is 1. The fourth-order valence-corrected chi connectivity index (χ4v) is 0.502. The summed E-state index contributed by atoms with van der Waals surface area (Å²) < 4.78 is 0. The Labute approximate surface area is 48.7 Å². The summed E-state index contributed by atoms with van der Waals surface area (Å²) in [7, 11) is 1.64. The molecule has 0 spiro atoms. The van der Waals surface area contributed by atoms with Gasteiger partial charge in [0.1, 0.15) is 6.04 Å². The summed E-state index contributed by atoms with van der Waals surface area (Å²) in [6, 6.07) is -0.380. The van der Waals surface area contributed by atoms with Gasteiger partial charge in [0.15, 0.2) is 0 Å². The third kappa shape index (κ3) is 1.93. The monoisotopic (exact) mass is 117 g/mol. The first kappa shape index (κ1) is 7.43. The summed E-state index contributed by atoms with van der Waals surface area (Å²) in [4.78, 5) is 10.1. The number of rotatable bonds is 3. The molecule has 2 N–H and O–H groups in total. The van der Waals surface area contributed by atoms with Crippen LogP contribution in [0, 0.1) is 0 Å². The van der Waals surface area contributed by atoms with Crippen molar-refractivity contribution in [3.8, 4) is 0 Å². The van der Waals surface area contributed by atoms with Gasteiger partial charge in [-0.05, 0) is 13.5 Å². The van der Waals surface area contributed by atoms with Crippen molar-refractivity contribution in [3.05, 3.63) is 0 Å². The van der Waals surface area contributed by atoms with Crippen molar-refractivity contribution in [2.75, 3.05) is 7.05 Å². The highest BCUT2D eigenvalue weighted by Gasteiger charge is 2.09. The summed E-state index contributed by atoms with van der Waals surface area (Å²) in [5.74, 6) is -0.782. The van der Waals surface area contributed by atoms with E-state index in [2.05, 4.69) is 5.32 Å². The van der Waals surface area contributed by atoms with Gasteiger partial charge in [-0.2, -0.15) is 0 Å². The van der Waals surface area contributed by atoms with Crippen molar-refractivity contribution >= 4 is 5.97 Å². The average molecular weight is 117 g/mol.